The Morgan fingerprint density at radius 3 is 2.95 bits per heavy atom. The van der Waals surface area contributed by atoms with Crippen LogP contribution in [-0.4, -0.2) is 10.9 Å². The van der Waals surface area contributed by atoms with Crippen molar-refractivity contribution >= 4 is 5.78 Å². The van der Waals surface area contributed by atoms with Crippen LogP contribution in [0.25, 0.3) is 0 Å². The van der Waals surface area contributed by atoms with Crippen LogP contribution in [0.4, 0.5) is 0 Å². The minimum atomic E-state index is -0.100. The quantitative estimate of drug-likeness (QED) is 0.569. The van der Waals surface area contributed by atoms with Crippen LogP contribution in [0.2, 0.25) is 0 Å². The summed E-state index contributed by atoms with van der Waals surface area (Å²) in [6, 6.07) is 5.79. The molecule has 4 rings (SSSR count). The molecule has 0 saturated heterocycles. The Hall–Kier alpha value is -0.570. The standard InChI is InChI=1S/C18H20O2.Na.H/c1-18-9-8-14-13-5-3-12(19)10-11(13)2-4-15(14)16(18)6-7-17(18)20;;/h3-5,10,14,16,19H,2,6-9H2,1H3;;/q;+1;-1/t14-,16+,18+;;/m1../s1. The van der Waals surface area contributed by atoms with E-state index in [1.807, 2.05) is 6.07 Å². The number of hydrogen-bond donors (Lipinski definition) is 1. The first kappa shape index (κ1) is 15.3. The monoisotopic (exact) mass is 292 g/mol. The number of fused-ring (bicyclic) bond motifs is 5. The molecule has 0 spiro atoms. The molecule has 21 heavy (non-hydrogen) atoms. The van der Waals surface area contributed by atoms with Crippen LogP contribution >= 0.6 is 0 Å². The molecule has 3 aliphatic rings. The van der Waals surface area contributed by atoms with Gasteiger partial charge >= 0.3 is 29.6 Å². The van der Waals surface area contributed by atoms with Crippen LogP contribution in [0.1, 0.15) is 51.1 Å². The molecule has 2 fully saturated rings. The number of rotatable bonds is 0. The Bertz CT molecular complexity index is 640. The fraction of sp³-hybridized carbons (Fsp3) is 0.500. The van der Waals surface area contributed by atoms with Crippen LogP contribution in [0.5, 0.6) is 5.75 Å². The van der Waals surface area contributed by atoms with Crippen molar-refractivity contribution in [3.8, 4) is 5.75 Å². The summed E-state index contributed by atoms with van der Waals surface area (Å²) in [6.45, 7) is 2.18. The van der Waals surface area contributed by atoms with Gasteiger partial charge in [0, 0.05) is 17.8 Å². The number of allylic oxidation sites excluding steroid dienone is 2. The smallest absolute Gasteiger partial charge is 1.00 e. The summed E-state index contributed by atoms with van der Waals surface area (Å²) >= 11 is 0. The minimum absolute atomic E-state index is 0. The molecule has 3 aliphatic carbocycles. The van der Waals surface area contributed by atoms with E-state index in [-0.39, 0.29) is 36.4 Å². The van der Waals surface area contributed by atoms with Gasteiger partial charge in [-0.3, -0.25) is 4.79 Å². The molecule has 0 aliphatic heterocycles. The minimum Gasteiger partial charge on any atom is -1.00 e. The van der Waals surface area contributed by atoms with Gasteiger partial charge in [-0.15, -0.1) is 0 Å². The zero-order valence-electron chi connectivity index (χ0n) is 13.9. The Morgan fingerprint density at radius 2 is 2.14 bits per heavy atom. The number of phenols is 1. The van der Waals surface area contributed by atoms with Crippen molar-refractivity contribution in [3.63, 3.8) is 0 Å². The summed E-state index contributed by atoms with van der Waals surface area (Å²) in [4.78, 5) is 12.2. The van der Waals surface area contributed by atoms with Gasteiger partial charge in [-0.25, -0.2) is 0 Å². The second-order valence-electron chi connectivity index (χ2n) is 6.81. The van der Waals surface area contributed by atoms with Gasteiger partial charge in [0.15, 0.2) is 0 Å². The molecule has 3 heteroatoms. The summed E-state index contributed by atoms with van der Waals surface area (Å²) in [7, 11) is 0. The number of benzene rings is 1. The molecule has 1 aromatic rings. The first-order valence-electron chi connectivity index (χ1n) is 7.64. The molecule has 2 saturated carbocycles. The van der Waals surface area contributed by atoms with Crippen molar-refractivity contribution in [1.82, 2.24) is 0 Å². The van der Waals surface area contributed by atoms with E-state index in [1.54, 1.807) is 6.07 Å². The largest absolute Gasteiger partial charge is 1.00 e. The number of carbonyl (C=O) groups excluding carboxylic acids is 1. The predicted octanol–water partition coefficient (Wildman–Crippen LogP) is 0.854. The molecule has 0 radical (unpaired) electrons. The van der Waals surface area contributed by atoms with Gasteiger partial charge in [0.25, 0.3) is 0 Å². The third kappa shape index (κ3) is 2.15. The molecule has 1 aromatic carbocycles. The van der Waals surface area contributed by atoms with E-state index in [2.05, 4.69) is 19.1 Å². The first-order valence-corrected chi connectivity index (χ1v) is 7.64. The molecule has 2 nitrogen and oxygen atoms in total. The fourth-order valence-electron chi connectivity index (χ4n) is 4.73. The summed E-state index contributed by atoms with van der Waals surface area (Å²) in [5.74, 6) is 1.76. The Balaban J connectivity index is 0.000000882. The van der Waals surface area contributed by atoms with E-state index >= 15 is 0 Å². The third-order valence-electron chi connectivity index (χ3n) is 5.88. The van der Waals surface area contributed by atoms with E-state index in [0.717, 1.165) is 32.1 Å². The van der Waals surface area contributed by atoms with Crippen LogP contribution in [-0.2, 0) is 11.2 Å². The average Bonchev–Trinajstić information content (AvgIpc) is 2.74. The van der Waals surface area contributed by atoms with Gasteiger partial charge in [-0.1, -0.05) is 24.6 Å². The Labute approximate surface area is 149 Å². The molecule has 0 aromatic heterocycles. The predicted molar refractivity (Wildman–Crippen MR) is 78.8 cm³/mol. The van der Waals surface area contributed by atoms with E-state index < -0.39 is 0 Å². The van der Waals surface area contributed by atoms with Crippen molar-refractivity contribution < 1.29 is 40.9 Å². The molecule has 0 heterocycles. The van der Waals surface area contributed by atoms with Crippen LogP contribution in [0.3, 0.4) is 0 Å². The van der Waals surface area contributed by atoms with Crippen molar-refractivity contribution in [2.24, 2.45) is 11.3 Å². The number of phenolic OH excluding ortho intramolecular Hbond substituents is 1. The van der Waals surface area contributed by atoms with E-state index in [9.17, 15) is 9.90 Å². The molecule has 0 amide bonds. The van der Waals surface area contributed by atoms with E-state index in [4.69, 9.17) is 0 Å². The summed E-state index contributed by atoms with van der Waals surface area (Å²) in [5, 5.41) is 9.64. The van der Waals surface area contributed by atoms with Crippen LogP contribution in [0.15, 0.2) is 29.8 Å². The molecule has 0 unspecified atom stereocenters. The number of ketones is 1. The van der Waals surface area contributed by atoms with Crippen molar-refractivity contribution in [2.45, 2.75) is 44.9 Å². The molecular formula is C18H21NaO2. The van der Waals surface area contributed by atoms with Gasteiger partial charge in [0.05, 0.1) is 0 Å². The average molecular weight is 292 g/mol. The molecule has 106 valence electrons. The van der Waals surface area contributed by atoms with Crippen LogP contribution in [0, 0.1) is 11.3 Å². The SMILES string of the molecule is C[C@]12CC[C@H]3C(=CCc4cc(O)ccc43)[C@@H]1CCC2=O.[H-].[Na+]. The zero-order valence-corrected chi connectivity index (χ0v) is 14.9. The topological polar surface area (TPSA) is 37.3 Å². The Morgan fingerprint density at radius 1 is 1.33 bits per heavy atom. The second-order valence-corrected chi connectivity index (χ2v) is 6.81. The maximum atomic E-state index is 12.2. The molecular weight excluding hydrogens is 271 g/mol. The zero-order chi connectivity index (χ0) is 13.9. The summed E-state index contributed by atoms with van der Waals surface area (Å²) in [5.41, 5.74) is 4.03. The molecule has 3 atom stereocenters. The Kier molecular flexibility index (Phi) is 3.84. The summed E-state index contributed by atoms with van der Waals surface area (Å²) < 4.78 is 0. The summed E-state index contributed by atoms with van der Waals surface area (Å²) in [6.07, 6.45) is 7.11. The van der Waals surface area contributed by atoms with E-state index in [1.165, 1.54) is 16.7 Å². The van der Waals surface area contributed by atoms with Crippen molar-refractivity contribution in [2.75, 3.05) is 0 Å². The molecule has 0 bridgehead atoms. The maximum absolute atomic E-state index is 12.2. The third-order valence-corrected chi connectivity index (χ3v) is 5.88. The molecule has 1 N–H and O–H groups in total. The van der Waals surface area contributed by atoms with E-state index in [0.29, 0.717) is 23.4 Å². The van der Waals surface area contributed by atoms with Gasteiger partial charge in [-0.05, 0) is 54.9 Å². The maximum Gasteiger partial charge on any atom is 1.00 e. The van der Waals surface area contributed by atoms with Crippen LogP contribution < -0.4 is 29.6 Å². The van der Waals surface area contributed by atoms with Gasteiger partial charge in [0.2, 0.25) is 0 Å². The fourth-order valence-corrected chi connectivity index (χ4v) is 4.73. The second kappa shape index (κ2) is 5.26. The van der Waals surface area contributed by atoms with Crippen molar-refractivity contribution in [3.05, 3.63) is 41.0 Å². The number of carbonyl (C=O) groups is 1. The normalized spacial score (nSPS) is 33.4. The first-order chi connectivity index (χ1) is 9.59. The van der Waals surface area contributed by atoms with Gasteiger partial charge in [-0.2, -0.15) is 0 Å². The van der Waals surface area contributed by atoms with Gasteiger partial charge < -0.3 is 6.53 Å². The number of Topliss-reactive ketones (excluding diaryl/α,β-unsaturated/α-hetero) is 1. The number of aromatic hydroxyl groups is 1. The van der Waals surface area contributed by atoms with Gasteiger partial charge in [0.1, 0.15) is 11.5 Å². The number of hydrogen-bond acceptors (Lipinski definition) is 2. The van der Waals surface area contributed by atoms with Crippen molar-refractivity contribution in [1.29, 1.82) is 0 Å².